The standard InChI is InChI=1S/C6H10N4O/c1-2-10-4-5(3-8-10)9-6(7)11/h3-4H,2H2,1H3,(H3,7,9,11). The first-order chi connectivity index (χ1) is 5.22. The normalized spacial score (nSPS) is 9.55. The van der Waals surface area contributed by atoms with Crippen molar-refractivity contribution < 1.29 is 4.79 Å². The summed E-state index contributed by atoms with van der Waals surface area (Å²) in [6.07, 6.45) is 3.26. The zero-order valence-corrected chi connectivity index (χ0v) is 6.24. The number of nitrogens with zero attached hydrogens (tertiary/aromatic N) is 2. The molecule has 1 heterocycles. The molecule has 0 saturated heterocycles. The first-order valence-corrected chi connectivity index (χ1v) is 3.31. The Bertz CT molecular complexity index is 255. The molecule has 0 fully saturated rings. The number of hydrogen-bond donors (Lipinski definition) is 2. The van der Waals surface area contributed by atoms with Crippen LogP contribution in [-0.4, -0.2) is 15.8 Å². The lowest BCUT2D eigenvalue weighted by molar-refractivity contribution is 0.259. The van der Waals surface area contributed by atoms with Crippen LogP contribution in [0.2, 0.25) is 0 Å². The molecule has 1 aromatic heterocycles. The second-order valence-corrected chi connectivity index (χ2v) is 2.07. The van der Waals surface area contributed by atoms with Crippen LogP contribution in [0.4, 0.5) is 10.5 Å². The third kappa shape index (κ3) is 1.96. The summed E-state index contributed by atoms with van der Waals surface area (Å²) < 4.78 is 1.70. The molecule has 0 aliphatic heterocycles. The number of carbonyl (C=O) groups excluding carboxylic acids is 1. The van der Waals surface area contributed by atoms with Crippen molar-refractivity contribution in [2.75, 3.05) is 5.32 Å². The van der Waals surface area contributed by atoms with Crippen LogP contribution in [0.15, 0.2) is 12.4 Å². The van der Waals surface area contributed by atoms with E-state index in [0.29, 0.717) is 5.69 Å². The van der Waals surface area contributed by atoms with Crippen molar-refractivity contribution in [3.63, 3.8) is 0 Å². The quantitative estimate of drug-likeness (QED) is 0.646. The van der Waals surface area contributed by atoms with Gasteiger partial charge in [-0.3, -0.25) is 4.68 Å². The van der Waals surface area contributed by atoms with Crippen molar-refractivity contribution in [3.8, 4) is 0 Å². The lowest BCUT2D eigenvalue weighted by Crippen LogP contribution is -2.18. The van der Waals surface area contributed by atoms with Gasteiger partial charge in [0.2, 0.25) is 0 Å². The molecule has 60 valence electrons. The molecule has 0 radical (unpaired) electrons. The Hall–Kier alpha value is -1.52. The second kappa shape index (κ2) is 3.05. The van der Waals surface area contributed by atoms with Gasteiger partial charge in [0.05, 0.1) is 11.9 Å². The van der Waals surface area contributed by atoms with Crippen LogP contribution in [-0.2, 0) is 6.54 Å². The van der Waals surface area contributed by atoms with Gasteiger partial charge >= 0.3 is 6.03 Å². The Morgan fingerprint density at radius 1 is 1.91 bits per heavy atom. The van der Waals surface area contributed by atoms with Gasteiger partial charge in [-0.2, -0.15) is 5.10 Å². The number of nitrogens with one attached hydrogen (secondary N) is 1. The van der Waals surface area contributed by atoms with Gasteiger partial charge in [0.1, 0.15) is 0 Å². The highest BCUT2D eigenvalue weighted by Crippen LogP contribution is 2.02. The number of hydrogen-bond acceptors (Lipinski definition) is 2. The van der Waals surface area contributed by atoms with Gasteiger partial charge in [0, 0.05) is 12.7 Å². The smallest absolute Gasteiger partial charge is 0.316 e. The van der Waals surface area contributed by atoms with Crippen molar-refractivity contribution in [1.82, 2.24) is 9.78 Å². The number of rotatable bonds is 2. The minimum atomic E-state index is -0.569. The number of aryl methyl sites for hydroxylation is 1. The molecule has 0 saturated carbocycles. The number of carbonyl (C=O) groups is 1. The van der Waals surface area contributed by atoms with Gasteiger partial charge in [0.25, 0.3) is 0 Å². The molecule has 0 aliphatic rings. The summed E-state index contributed by atoms with van der Waals surface area (Å²) in [7, 11) is 0. The summed E-state index contributed by atoms with van der Waals surface area (Å²) in [5.41, 5.74) is 5.51. The minimum Gasteiger partial charge on any atom is -0.351 e. The molecular weight excluding hydrogens is 144 g/mol. The average Bonchev–Trinajstić information content (AvgIpc) is 2.34. The Kier molecular flexibility index (Phi) is 2.10. The third-order valence-corrected chi connectivity index (χ3v) is 1.22. The molecule has 1 aromatic rings. The highest BCUT2D eigenvalue weighted by atomic mass is 16.2. The third-order valence-electron chi connectivity index (χ3n) is 1.22. The fourth-order valence-electron chi connectivity index (χ4n) is 0.743. The molecule has 0 bridgehead atoms. The van der Waals surface area contributed by atoms with E-state index < -0.39 is 6.03 Å². The second-order valence-electron chi connectivity index (χ2n) is 2.07. The molecule has 5 heteroatoms. The number of aromatic nitrogens is 2. The highest BCUT2D eigenvalue weighted by molar-refractivity contribution is 5.87. The van der Waals surface area contributed by atoms with E-state index in [1.807, 2.05) is 6.92 Å². The van der Waals surface area contributed by atoms with Crippen molar-refractivity contribution in [2.24, 2.45) is 5.73 Å². The minimum absolute atomic E-state index is 0.569. The number of primary amides is 1. The average molecular weight is 154 g/mol. The van der Waals surface area contributed by atoms with Gasteiger partial charge in [-0.25, -0.2) is 4.79 Å². The topological polar surface area (TPSA) is 72.9 Å². The first kappa shape index (κ1) is 7.59. The van der Waals surface area contributed by atoms with Crippen LogP contribution >= 0.6 is 0 Å². The molecule has 0 atom stereocenters. The molecule has 3 N–H and O–H groups in total. The van der Waals surface area contributed by atoms with Gasteiger partial charge in [-0.05, 0) is 6.92 Å². The Balaban J connectivity index is 2.65. The van der Waals surface area contributed by atoms with Gasteiger partial charge < -0.3 is 11.1 Å². The lowest BCUT2D eigenvalue weighted by Gasteiger charge is -1.93. The molecule has 0 spiro atoms. The Morgan fingerprint density at radius 3 is 3.09 bits per heavy atom. The van der Waals surface area contributed by atoms with E-state index in [-0.39, 0.29) is 0 Å². The lowest BCUT2D eigenvalue weighted by atomic mass is 10.6. The SMILES string of the molecule is CCn1cc(NC(N)=O)cn1. The highest BCUT2D eigenvalue weighted by Gasteiger charge is 1.97. The van der Waals surface area contributed by atoms with Crippen LogP contribution in [0.25, 0.3) is 0 Å². The maximum absolute atomic E-state index is 10.3. The summed E-state index contributed by atoms with van der Waals surface area (Å²) in [5.74, 6) is 0. The molecule has 0 unspecified atom stereocenters. The zero-order valence-electron chi connectivity index (χ0n) is 6.24. The Labute approximate surface area is 64.2 Å². The van der Waals surface area contributed by atoms with Gasteiger partial charge in [0.15, 0.2) is 0 Å². The molecule has 0 aliphatic carbocycles. The van der Waals surface area contributed by atoms with Crippen molar-refractivity contribution >= 4 is 11.7 Å². The van der Waals surface area contributed by atoms with E-state index in [2.05, 4.69) is 10.4 Å². The van der Waals surface area contributed by atoms with Crippen molar-refractivity contribution in [3.05, 3.63) is 12.4 Å². The van der Waals surface area contributed by atoms with E-state index in [9.17, 15) is 4.79 Å². The summed E-state index contributed by atoms with van der Waals surface area (Å²) in [6.45, 7) is 2.74. The number of nitrogens with two attached hydrogens (primary N) is 1. The van der Waals surface area contributed by atoms with Crippen molar-refractivity contribution in [2.45, 2.75) is 13.5 Å². The van der Waals surface area contributed by atoms with Crippen LogP contribution in [0.5, 0.6) is 0 Å². The van der Waals surface area contributed by atoms with E-state index in [1.165, 1.54) is 0 Å². The van der Waals surface area contributed by atoms with Crippen LogP contribution in [0.3, 0.4) is 0 Å². The number of amides is 2. The van der Waals surface area contributed by atoms with Gasteiger partial charge in [-0.1, -0.05) is 0 Å². The predicted molar refractivity (Wildman–Crippen MR) is 41.1 cm³/mol. The van der Waals surface area contributed by atoms with E-state index in [1.54, 1.807) is 17.1 Å². The maximum Gasteiger partial charge on any atom is 0.316 e. The summed E-state index contributed by atoms with van der Waals surface area (Å²) in [4.78, 5) is 10.3. The molecule has 11 heavy (non-hydrogen) atoms. The van der Waals surface area contributed by atoms with Crippen LogP contribution in [0, 0.1) is 0 Å². The van der Waals surface area contributed by atoms with E-state index >= 15 is 0 Å². The molecule has 2 amide bonds. The van der Waals surface area contributed by atoms with Gasteiger partial charge in [-0.15, -0.1) is 0 Å². The van der Waals surface area contributed by atoms with Crippen LogP contribution < -0.4 is 11.1 Å². The largest absolute Gasteiger partial charge is 0.351 e. The fraction of sp³-hybridized carbons (Fsp3) is 0.333. The number of anilines is 1. The zero-order chi connectivity index (χ0) is 8.27. The summed E-state index contributed by atoms with van der Waals surface area (Å²) >= 11 is 0. The fourth-order valence-corrected chi connectivity index (χ4v) is 0.743. The monoisotopic (exact) mass is 154 g/mol. The van der Waals surface area contributed by atoms with E-state index in [4.69, 9.17) is 5.73 Å². The van der Waals surface area contributed by atoms with E-state index in [0.717, 1.165) is 6.54 Å². The summed E-state index contributed by atoms with van der Waals surface area (Å²) in [6, 6.07) is -0.569. The number of urea groups is 1. The van der Waals surface area contributed by atoms with Crippen molar-refractivity contribution in [1.29, 1.82) is 0 Å². The Morgan fingerprint density at radius 2 is 2.64 bits per heavy atom. The molecule has 0 aromatic carbocycles. The summed E-state index contributed by atoms with van der Waals surface area (Å²) in [5, 5.41) is 6.35. The maximum atomic E-state index is 10.3. The first-order valence-electron chi connectivity index (χ1n) is 3.31. The predicted octanol–water partition coefficient (Wildman–Crippen LogP) is 0.394. The molecular formula is C6H10N4O. The molecule has 5 nitrogen and oxygen atoms in total. The van der Waals surface area contributed by atoms with Crippen LogP contribution in [0.1, 0.15) is 6.92 Å². The molecule has 1 rings (SSSR count).